The third-order valence-corrected chi connectivity index (χ3v) is 4.93. The molecule has 0 radical (unpaired) electrons. The zero-order valence-electron chi connectivity index (χ0n) is 18.3. The van der Waals surface area contributed by atoms with Crippen LogP contribution in [0.15, 0.2) is 77.9 Å². The molecule has 5 heteroatoms. The second-order valence-electron chi connectivity index (χ2n) is 8.38. The Morgan fingerprint density at radius 2 is 1.61 bits per heavy atom. The molecule has 0 aliphatic rings. The molecule has 0 atom stereocenters. The van der Waals surface area contributed by atoms with Crippen molar-refractivity contribution in [2.24, 2.45) is 5.10 Å². The number of amides is 1. The number of hydrazone groups is 1. The average molecular weight is 419 g/mol. The normalized spacial score (nSPS) is 11.8. The quantitative estimate of drug-likeness (QED) is 0.403. The molecular formula is C26H27FN2O2. The van der Waals surface area contributed by atoms with E-state index in [-0.39, 0.29) is 17.1 Å². The maximum atomic E-state index is 13.8. The second-order valence-corrected chi connectivity index (χ2v) is 8.38. The van der Waals surface area contributed by atoms with Crippen molar-refractivity contribution >= 4 is 11.6 Å². The molecule has 1 N–H and O–H groups in total. The van der Waals surface area contributed by atoms with Crippen molar-refractivity contribution in [3.8, 4) is 5.75 Å². The smallest absolute Gasteiger partial charge is 0.271 e. The van der Waals surface area contributed by atoms with Crippen molar-refractivity contribution in [1.29, 1.82) is 0 Å². The molecule has 4 nitrogen and oxygen atoms in total. The first-order valence-electron chi connectivity index (χ1n) is 10.2. The van der Waals surface area contributed by atoms with E-state index < -0.39 is 0 Å². The highest BCUT2D eigenvalue weighted by atomic mass is 19.1. The molecule has 3 aromatic rings. The molecule has 0 aliphatic heterocycles. The molecule has 0 aliphatic carbocycles. The van der Waals surface area contributed by atoms with E-state index in [4.69, 9.17) is 4.74 Å². The minimum atomic E-state index is -0.379. The number of hydrogen-bond donors (Lipinski definition) is 1. The monoisotopic (exact) mass is 418 g/mol. The Balaban J connectivity index is 1.56. The molecule has 0 unspecified atom stereocenters. The summed E-state index contributed by atoms with van der Waals surface area (Å²) in [5.74, 6) is 0.0594. The molecule has 0 fully saturated rings. The van der Waals surface area contributed by atoms with Crippen LogP contribution in [0.1, 0.15) is 54.7 Å². The summed E-state index contributed by atoms with van der Waals surface area (Å²) in [5, 5.41) is 4.01. The number of nitrogens with zero attached hydrogens (tertiary/aromatic N) is 1. The Bertz CT molecular complexity index is 1070. The molecule has 0 saturated heterocycles. The van der Waals surface area contributed by atoms with Crippen LogP contribution in [0.5, 0.6) is 5.75 Å². The second kappa shape index (κ2) is 9.56. The Morgan fingerprint density at radius 3 is 2.23 bits per heavy atom. The SMILES string of the molecule is CC(=NNC(=O)c1ccc(COc2ccc(C(C)(C)C)cc2)cc1)c1ccccc1F. The maximum absolute atomic E-state index is 13.8. The number of rotatable bonds is 6. The van der Waals surface area contributed by atoms with Gasteiger partial charge in [-0.05, 0) is 53.8 Å². The highest BCUT2D eigenvalue weighted by Gasteiger charge is 2.13. The Hall–Kier alpha value is -3.47. The summed E-state index contributed by atoms with van der Waals surface area (Å²) in [6.45, 7) is 8.57. The zero-order valence-corrected chi connectivity index (χ0v) is 18.3. The summed E-state index contributed by atoms with van der Waals surface area (Å²) in [6, 6.07) is 21.5. The van der Waals surface area contributed by atoms with Crippen molar-refractivity contribution in [1.82, 2.24) is 5.43 Å². The van der Waals surface area contributed by atoms with Crippen LogP contribution in [0.4, 0.5) is 4.39 Å². The van der Waals surface area contributed by atoms with E-state index in [1.165, 1.54) is 11.6 Å². The molecule has 0 aromatic heterocycles. The summed E-state index contributed by atoms with van der Waals surface area (Å²) in [4.78, 5) is 12.3. The van der Waals surface area contributed by atoms with E-state index in [0.717, 1.165) is 11.3 Å². The summed E-state index contributed by atoms with van der Waals surface area (Å²) in [6.07, 6.45) is 0. The predicted molar refractivity (Wildman–Crippen MR) is 122 cm³/mol. The number of benzene rings is 3. The minimum absolute atomic E-state index is 0.104. The number of nitrogens with one attached hydrogen (secondary N) is 1. The lowest BCUT2D eigenvalue weighted by Gasteiger charge is -2.19. The fraction of sp³-hybridized carbons (Fsp3) is 0.231. The highest BCUT2D eigenvalue weighted by Crippen LogP contribution is 2.24. The van der Waals surface area contributed by atoms with Gasteiger partial charge < -0.3 is 4.74 Å². The van der Waals surface area contributed by atoms with E-state index in [1.807, 2.05) is 24.3 Å². The van der Waals surface area contributed by atoms with E-state index >= 15 is 0 Å². The largest absolute Gasteiger partial charge is 0.489 e. The number of ether oxygens (including phenoxy) is 1. The summed E-state index contributed by atoms with van der Waals surface area (Å²) in [5.41, 5.74) is 5.99. The predicted octanol–water partition coefficient (Wildman–Crippen LogP) is 5.86. The molecule has 0 spiro atoms. The van der Waals surface area contributed by atoms with Crippen LogP contribution < -0.4 is 10.2 Å². The average Bonchev–Trinajstić information content (AvgIpc) is 2.76. The van der Waals surface area contributed by atoms with E-state index in [2.05, 4.69) is 43.4 Å². The molecule has 160 valence electrons. The Kier molecular flexibility index (Phi) is 6.85. The van der Waals surface area contributed by atoms with Crippen molar-refractivity contribution < 1.29 is 13.9 Å². The van der Waals surface area contributed by atoms with Gasteiger partial charge in [-0.3, -0.25) is 4.79 Å². The zero-order chi connectivity index (χ0) is 22.4. The number of carbonyl (C=O) groups is 1. The molecule has 0 saturated carbocycles. The maximum Gasteiger partial charge on any atom is 0.271 e. The van der Waals surface area contributed by atoms with Gasteiger partial charge in [-0.2, -0.15) is 5.10 Å². The number of hydrogen-bond acceptors (Lipinski definition) is 3. The third kappa shape index (κ3) is 6.01. The highest BCUT2D eigenvalue weighted by molar-refractivity contribution is 6.01. The summed E-state index contributed by atoms with van der Waals surface area (Å²) < 4.78 is 19.6. The van der Waals surface area contributed by atoms with E-state index in [0.29, 0.717) is 23.4 Å². The van der Waals surface area contributed by atoms with E-state index in [9.17, 15) is 9.18 Å². The van der Waals surface area contributed by atoms with Crippen LogP contribution in [-0.2, 0) is 12.0 Å². The lowest BCUT2D eigenvalue weighted by atomic mass is 9.87. The van der Waals surface area contributed by atoms with Gasteiger partial charge in [-0.15, -0.1) is 0 Å². The van der Waals surface area contributed by atoms with Gasteiger partial charge in [0.1, 0.15) is 18.2 Å². The Labute approximate surface area is 182 Å². The van der Waals surface area contributed by atoms with Gasteiger partial charge in [0, 0.05) is 11.1 Å². The van der Waals surface area contributed by atoms with Crippen LogP contribution in [0.2, 0.25) is 0 Å². The minimum Gasteiger partial charge on any atom is -0.489 e. The number of carbonyl (C=O) groups excluding carboxylic acids is 1. The van der Waals surface area contributed by atoms with Gasteiger partial charge >= 0.3 is 0 Å². The first-order valence-corrected chi connectivity index (χ1v) is 10.2. The summed E-state index contributed by atoms with van der Waals surface area (Å²) >= 11 is 0. The van der Waals surface area contributed by atoms with Crippen LogP contribution in [0.25, 0.3) is 0 Å². The van der Waals surface area contributed by atoms with E-state index in [1.54, 1.807) is 37.3 Å². The van der Waals surface area contributed by atoms with Crippen LogP contribution >= 0.6 is 0 Å². The number of halogens is 1. The van der Waals surface area contributed by atoms with Crippen molar-refractivity contribution in [3.05, 3.63) is 101 Å². The van der Waals surface area contributed by atoms with Crippen molar-refractivity contribution in [3.63, 3.8) is 0 Å². The topological polar surface area (TPSA) is 50.7 Å². The molecule has 0 heterocycles. The van der Waals surface area contributed by atoms with Gasteiger partial charge in [0.05, 0.1) is 5.71 Å². The third-order valence-electron chi connectivity index (χ3n) is 4.93. The van der Waals surface area contributed by atoms with Crippen molar-refractivity contribution in [2.75, 3.05) is 0 Å². The van der Waals surface area contributed by atoms with Crippen LogP contribution in [0.3, 0.4) is 0 Å². The molecular weight excluding hydrogens is 391 g/mol. The fourth-order valence-electron chi connectivity index (χ4n) is 2.98. The molecule has 0 bridgehead atoms. The first-order chi connectivity index (χ1) is 14.7. The molecule has 3 rings (SSSR count). The standard InChI is InChI=1S/C26H27FN2O2/c1-18(23-7-5-6-8-24(23)27)28-29-25(30)20-11-9-19(10-12-20)17-31-22-15-13-21(14-16-22)26(2,3)4/h5-16H,17H2,1-4H3,(H,29,30). The van der Waals surface area contributed by atoms with Gasteiger partial charge in [-0.25, -0.2) is 9.82 Å². The molecule has 31 heavy (non-hydrogen) atoms. The van der Waals surface area contributed by atoms with Gasteiger partial charge in [0.15, 0.2) is 0 Å². The van der Waals surface area contributed by atoms with Gasteiger partial charge in [-0.1, -0.05) is 63.2 Å². The van der Waals surface area contributed by atoms with Crippen LogP contribution in [-0.4, -0.2) is 11.6 Å². The first kappa shape index (κ1) is 22.2. The lowest BCUT2D eigenvalue weighted by molar-refractivity contribution is 0.0954. The lowest BCUT2D eigenvalue weighted by Crippen LogP contribution is -2.19. The van der Waals surface area contributed by atoms with Gasteiger partial charge in [0.2, 0.25) is 0 Å². The van der Waals surface area contributed by atoms with Crippen molar-refractivity contribution in [2.45, 2.75) is 39.7 Å². The summed E-state index contributed by atoms with van der Waals surface area (Å²) in [7, 11) is 0. The molecule has 3 aromatic carbocycles. The van der Waals surface area contributed by atoms with Gasteiger partial charge in [0.25, 0.3) is 5.91 Å². The molecule has 1 amide bonds. The van der Waals surface area contributed by atoms with Crippen LogP contribution in [0, 0.1) is 5.82 Å². The fourth-order valence-corrected chi connectivity index (χ4v) is 2.98. The Morgan fingerprint density at radius 1 is 0.968 bits per heavy atom.